The van der Waals surface area contributed by atoms with E-state index in [-0.39, 0.29) is 6.61 Å². The van der Waals surface area contributed by atoms with Gasteiger partial charge in [0.05, 0.1) is 13.7 Å². The van der Waals surface area contributed by atoms with Gasteiger partial charge in [0.1, 0.15) is 6.10 Å². The maximum absolute atomic E-state index is 9.65. The first kappa shape index (κ1) is 11.3. The van der Waals surface area contributed by atoms with Crippen LogP contribution in [0.5, 0.6) is 5.88 Å². The lowest BCUT2D eigenvalue weighted by molar-refractivity contribution is 0.119. The number of hydrogen-bond donors (Lipinski definition) is 1. The maximum Gasteiger partial charge on any atom is 0.213 e. The molecule has 14 heavy (non-hydrogen) atoms. The summed E-state index contributed by atoms with van der Waals surface area (Å²) in [6.07, 6.45) is 2.76. The van der Waals surface area contributed by atoms with Gasteiger partial charge in [-0.05, 0) is 23.7 Å². The molecule has 1 aromatic rings. The summed E-state index contributed by atoms with van der Waals surface area (Å²) in [4.78, 5) is 3.94. The average Bonchev–Trinajstić information content (AvgIpc) is 2.26. The Morgan fingerprint density at radius 3 is 3.07 bits per heavy atom. The van der Waals surface area contributed by atoms with E-state index in [0.29, 0.717) is 5.88 Å². The molecule has 0 aliphatic carbocycles. The Labute approximate surface area is 87.5 Å². The van der Waals surface area contributed by atoms with Crippen LogP contribution in [0.2, 0.25) is 0 Å². The van der Waals surface area contributed by atoms with Crippen LogP contribution in [-0.4, -0.2) is 30.1 Å². The van der Waals surface area contributed by atoms with Crippen molar-refractivity contribution in [3.8, 4) is 5.88 Å². The van der Waals surface area contributed by atoms with Crippen molar-refractivity contribution in [3.63, 3.8) is 0 Å². The molecule has 0 amide bonds. The lowest BCUT2D eigenvalue weighted by atomic mass is 10.1. The quantitative estimate of drug-likeness (QED) is 0.753. The number of pyridine rings is 1. The zero-order valence-corrected chi connectivity index (χ0v) is 8.95. The summed E-state index contributed by atoms with van der Waals surface area (Å²) in [6, 6.07) is 3.42. The first-order chi connectivity index (χ1) is 6.77. The van der Waals surface area contributed by atoms with E-state index in [9.17, 15) is 5.11 Å². The van der Waals surface area contributed by atoms with Gasteiger partial charge in [0, 0.05) is 18.5 Å². The fourth-order valence-corrected chi connectivity index (χ4v) is 1.24. The normalized spacial score (nSPS) is 12.5. The second kappa shape index (κ2) is 5.85. The van der Waals surface area contributed by atoms with Gasteiger partial charge in [-0.2, -0.15) is 0 Å². The van der Waals surface area contributed by atoms with Gasteiger partial charge in [0.15, 0.2) is 0 Å². The molecular formula is C9H13NO3S. The SMILES string of the molecule is COc1cc(C(O)COSC)ccn1. The number of aromatic nitrogens is 1. The Hall–Kier alpha value is -0.780. The maximum atomic E-state index is 9.65. The molecule has 0 saturated heterocycles. The van der Waals surface area contributed by atoms with Crippen LogP contribution in [0.4, 0.5) is 0 Å². The van der Waals surface area contributed by atoms with Crippen LogP contribution in [0.1, 0.15) is 11.7 Å². The lowest BCUT2D eigenvalue weighted by Gasteiger charge is -2.10. The number of rotatable bonds is 5. The molecule has 0 aliphatic rings. The Kier molecular flexibility index (Phi) is 4.72. The molecule has 0 bridgehead atoms. The molecule has 1 atom stereocenters. The van der Waals surface area contributed by atoms with E-state index in [1.807, 2.05) is 0 Å². The average molecular weight is 215 g/mol. The molecule has 0 saturated carbocycles. The Balaban J connectivity index is 2.64. The molecule has 1 N–H and O–H groups in total. The summed E-state index contributed by atoms with van der Waals surface area (Å²) < 4.78 is 9.97. The minimum Gasteiger partial charge on any atom is -0.481 e. The Morgan fingerprint density at radius 2 is 2.43 bits per heavy atom. The van der Waals surface area contributed by atoms with Gasteiger partial charge < -0.3 is 14.0 Å². The molecule has 5 heteroatoms. The number of nitrogens with zero attached hydrogens (tertiary/aromatic N) is 1. The van der Waals surface area contributed by atoms with Crippen molar-refractivity contribution in [2.75, 3.05) is 20.0 Å². The number of ether oxygens (including phenoxy) is 1. The predicted molar refractivity (Wildman–Crippen MR) is 55.2 cm³/mol. The predicted octanol–water partition coefficient (Wildman–Crippen LogP) is 1.42. The third-order valence-electron chi connectivity index (χ3n) is 1.70. The minimum atomic E-state index is -0.639. The largest absolute Gasteiger partial charge is 0.481 e. The van der Waals surface area contributed by atoms with Crippen molar-refractivity contribution in [2.45, 2.75) is 6.10 Å². The molecule has 1 aromatic heterocycles. The van der Waals surface area contributed by atoms with Crippen LogP contribution in [0.3, 0.4) is 0 Å². The van der Waals surface area contributed by atoms with Gasteiger partial charge in [0.25, 0.3) is 0 Å². The first-order valence-electron chi connectivity index (χ1n) is 4.11. The molecule has 0 fully saturated rings. The van der Waals surface area contributed by atoms with Crippen LogP contribution in [0.25, 0.3) is 0 Å². The summed E-state index contributed by atoms with van der Waals surface area (Å²) in [6.45, 7) is 0.258. The van der Waals surface area contributed by atoms with Crippen molar-refractivity contribution in [1.29, 1.82) is 0 Å². The molecule has 0 aromatic carbocycles. The van der Waals surface area contributed by atoms with E-state index in [4.69, 9.17) is 8.92 Å². The van der Waals surface area contributed by atoms with Gasteiger partial charge >= 0.3 is 0 Å². The molecule has 4 nitrogen and oxygen atoms in total. The minimum absolute atomic E-state index is 0.258. The van der Waals surface area contributed by atoms with Gasteiger partial charge in [0.2, 0.25) is 5.88 Å². The second-order valence-electron chi connectivity index (χ2n) is 2.60. The van der Waals surface area contributed by atoms with Gasteiger partial charge in [-0.25, -0.2) is 4.98 Å². The summed E-state index contributed by atoms with van der Waals surface area (Å²) in [5.74, 6) is 0.491. The smallest absolute Gasteiger partial charge is 0.213 e. The molecule has 1 rings (SSSR count). The number of methoxy groups -OCH3 is 1. The zero-order valence-electron chi connectivity index (χ0n) is 8.14. The van der Waals surface area contributed by atoms with Gasteiger partial charge in [-0.3, -0.25) is 0 Å². The van der Waals surface area contributed by atoms with Crippen molar-refractivity contribution < 1.29 is 14.0 Å². The van der Waals surface area contributed by atoms with E-state index in [2.05, 4.69) is 4.98 Å². The van der Waals surface area contributed by atoms with E-state index < -0.39 is 6.10 Å². The molecule has 1 unspecified atom stereocenters. The highest BCUT2D eigenvalue weighted by molar-refractivity contribution is 7.93. The van der Waals surface area contributed by atoms with Crippen LogP contribution in [0.15, 0.2) is 18.3 Å². The van der Waals surface area contributed by atoms with Crippen molar-refractivity contribution in [3.05, 3.63) is 23.9 Å². The summed E-state index contributed by atoms with van der Waals surface area (Å²) in [5, 5.41) is 9.65. The Morgan fingerprint density at radius 1 is 1.64 bits per heavy atom. The van der Waals surface area contributed by atoms with Gasteiger partial charge in [-0.15, -0.1) is 0 Å². The number of aliphatic hydroxyl groups is 1. The van der Waals surface area contributed by atoms with E-state index in [0.717, 1.165) is 5.56 Å². The molecular weight excluding hydrogens is 202 g/mol. The van der Waals surface area contributed by atoms with Crippen molar-refractivity contribution in [1.82, 2.24) is 4.98 Å². The number of aliphatic hydroxyl groups excluding tert-OH is 1. The fraction of sp³-hybridized carbons (Fsp3) is 0.444. The molecule has 0 radical (unpaired) electrons. The lowest BCUT2D eigenvalue weighted by Crippen LogP contribution is -2.04. The van der Waals surface area contributed by atoms with E-state index in [1.165, 1.54) is 19.2 Å². The zero-order chi connectivity index (χ0) is 10.4. The van der Waals surface area contributed by atoms with Crippen molar-refractivity contribution >= 4 is 12.0 Å². The van der Waals surface area contributed by atoms with Crippen LogP contribution in [-0.2, 0) is 4.18 Å². The van der Waals surface area contributed by atoms with E-state index >= 15 is 0 Å². The monoisotopic (exact) mass is 215 g/mol. The third-order valence-corrected chi connectivity index (χ3v) is 2.07. The summed E-state index contributed by atoms with van der Waals surface area (Å²) in [5.41, 5.74) is 0.742. The van der Waals surface area contributed by atoms with Crippen LogP contribution < -0.4 is 4.74 Å². The number of hydrogen-bond acceptors (Lipinski definition) is 5. The first-order valence-corrected chi connectivity index (χ1v) is 5.26. The third kappa shape index (κ3) is 3.17. The summed E-state index contributed by atoms with van der Waals surface area (Å²) >= 11 is 1.23. The Bertz CT molecular complexity index is 283. The topological polar surface area (TPSA) is 51.6 Å². The highest BCUT2D eigenvalue weighted by Gasteiger charge is 2.08. The standard InChI is InChI=1S/C9H13NO3S/c1-12-9-5-7(3-4-10-9)8(11)6-13-14-2/h3-5,8,11H,6H2,1-2H3. The summed E-state index contributed by atoms with van der Waals surface area (Å²) in [7, 11) is 1.54. The molecule has 78 valence electrons. The van der Waals surface area contributed by atoms with Gasteiger partial charge in [-0.1, -0.05) is 0 Å². The fourth-order valence-electron chi connectivity index (χ4n) is 0.972. The second-order valence-corrected chi connectivity index (χ2v) is 3.17. The van der Waals surface area contributed by atoms with Crippen LogP contribution >= 0.6 is 12.0 Å². The molecule has 0 aliphatic heterocycles. The van der Waals surface area contributed by atoms with Crippen molar-refractivity contribution in [2.24, 2.45) is 0 Å². The molecule has 1 heterocycles. The highest BCUT2D eigenvalue weighted by Crippen LogP contribution is 2.17. The molecule has 0 spiro atoms. The van der Waals surface area contributed by atoms with E-state index in [1.54, 1.807) is 24.6 Å². The van der Waals surface area contributed by atoms with Crippen LogP contribution in [0, 0.1) is 0 Å². The highest BCUT2D eigenvalue weighted by atomic mass is 32.2.